The fraction of sp³-hybridized carbons (Fsp3) is 0.394. The van der Waals surface area contributed by atoms with Crippen LogP contribution in [0.2, 0.25) is 5.02 Å². The largest absolute Gasteiger partial charge is 0.360 e. The number of hydrogen-bond donors (Lipinski definition) is 1. The lowest BCUT2D eigenvalue weighted by molar-refractivity contribution is -0.113. The van der Waals surface area contributed by atoms with E-state index in [0.29, 0.717) is 16.9 Å². The van der Waals surface area contributed by atoms with Gasteiger partial charge in [-0.3, -0.25) is 9.78 Å². The molecular weight excluding hydrogens is 532 g/mol. The van der Waals surface area contributed by atoms with Gasteiger partial charge in [0.2, 0.25) is 5.91 Å². The Balaban J connectivity index is 1.15. The minimum Gasteiger partial charge on any atom is -0.360 e. The van der Waals surface area contributed by atoms with E-state index in [2.05, 4.69) is 33.2 Å². The van der Waals surface area contributed by atoms with Crippen molar-refractivity contribution in [3.8, 4) is 11.3 Å². The molecule has 0 aliphatic heterocycles. The summed E-state index contributed by atoms with van der Waals surface area (Å²) in [5, 5.41) is 1.70. The fourth-order valence-corrected chi connectivity index (χ4v) is 5.98. The number of anilines is 1. The quantitative estimate of drug-likeness (QED) is 0.214. The average Bonchev–Trinajstić information content (AvgIpc) is 3.41. The van der Waals surface area contributed by atoms with E-state index < -0.39 is 0 Å². The van der Waals surface area contributed by atoms with Gasteiger partial charge in [0.1, 0.15) is 5.82 Å². The number of carbonyl (C=O) groups is 1. The second-order valence-corrected chi connectivity index (χ2v) is 11.8. The minimum atomic E-state index is -0.0483. The number of para-hydroxylation sites is 1. The number of likely N-dealkylation sites (N-methyl/N-ethyl adjacent to an activating group) is 2. The van der Waals surface area contributed by atoms with Crippen LogP contribution < -0.4 is 4.90 Å². The molecule has 214 valence electrons. The molecule has 1 fully saturated rings. The monoisotopic (exact) mass is 570 g/mol. The number of H-pyrrole nitrogens is 1. The van der Waals surface area contributed by atoms with Crippen LogP contribution in [-0.2, 0) is 17.6 Å². The highest BCUT2D eigenvalue weighted by atomic mass is 35.5. The van der Waals surface area contributed by atoms with Crippen LogP contribution >= 0.6 is 11.6 Å². The smallest absolute Gasteiger partial charge is 0.250 e. The zero-order valence-corrected chi connectivity index (χ0v) is 24.9. The molecule has 1 aromatic carbocycles. The number of aromatic amines is 1. The van der Waals surface area contributed by atoms with Crippen LogP contribution in [-0.4, -0.2) is 58.4 Å². The first-order valence-corrected chi connectivity index (χ1v) is 14.9. The van der Waals surface area contributed by atoms with Crippen LogP contribution in [0.5, 0.6) is 0 Å². The van der Waals surface area contributed by atoms with Gasteiger partial charge in [0.05, 0.1) is 22.6 Å². The van der Waals surface area contributed by atoms with Crippen molar-refractivity contribution in [1.29, 1.82) is 0 Å². The van der Waals surface area contributed by atoms with Gasteiger partial charge in [0.25, 0.3) is 0 Å². The summed E-state index contributed by atoms with van der Waals surface area (Å²) in [4.78, 5) is 33.6. The molecule has 1 aliphatic carbocycles. The molecule has 0 bridgehead atoms. The second-order valence-electron chi connectivity index (χ2n) is 11.4. The molecule has 0 spiro atoms. The zero-order valence-electron chi connectivity index (χ0n) is 24.2. The topological polar surface area (TPSA) is 78.0 Å². The van der Waals surface area contributed by atoms with Crippen LogP contribution in [0.3, 0.4) is 0 Å². The third-order valence-corrected chi connectivity index (χ3v) is 8.34. The first kappa shape index (κ1) is 29.0. The summed E-state index contributed by atoms with van der Waals surface area (Å²) in [6, 6.07) is 12.3. The average molecular weight is 571 g/mol. The summed E-state index contributed by atoms with van der Waals surface area (Å²) in [5.41, 5.74) is 4.77. The van der Waals surface area contributed by atoms with E-state index in [1.807, 2.05) is 49.5 Å². The van der Waals surface area contributed by atoms with Crippen LogP contribution in [0.25, 0.3) is 22.2 Å². The molecule has 0 unspecified atom stereocenters. The molecule has 0 saturated heterocycles. The third-order valence-electron chi connectivity index (χ3n) is 8.07. The number of nitrogens with one attached hydrogen (secondary N) is 1. The molecule has 8 heteroatoms. The van der Waals surface area contributed by atoms with Crippen LogP contribution in [0.15, 0.2) is 67.1 Å². The second kappa shape index (κ2) is 13.4. The van der Waals surface area contributed by atoms with Gasteiger partial charge in [-0.2, -0.15) is 0 Å². The predicted octanol–water partition coefficient (Wildman–Crippen LogP) is 6.74. The highest BCUT2D eigenvalue weighted by Gasteiger charge is 2.24. The van der Waals surface area contributed by atoms with Crippen LogP contribution in [0.4, 0.5) is 5.69 Å². The Hall–Kier alpha value is -3.55. The summed E-state index contributed by atoms with van der Waals surface area (Å²) in [6.07, 6.45) is 16.9. The molecule has 3 heterocycles. The van der Waals surface area contributed by atoms with Gasteiger partial charge in [-0.25, -0.2) is 9.97 Å². The van der Waals surface area contributed by atoms with Gasteiger partial charge in [0, 0.05) is 60.6 Å². The normalized spacial score (nSPS) is 17.5. The number of halogens is 1. The van der Waals surface area contributed by atoms with Crippen molar-refractivity contribution in [1.82, 2.24) is 24.8 Å². The number of pyridine rings is 1. The zero-order chi connectivity index (χ0) is 28.8. The summed E-state index contributed by atoms with van der Waals surface area (Å²) in [5.74, 6) is 2.06. The van der Waals surface area contributed by atoms with Gasteiger partial charge in [0.15, 0.2) is 0 Å². The number of benzene rings is 1. The Morgan fingerprint density at radius 3 is 2.71 bits per heavy atom. The van der Waals surface area contributed by atoms with Crippen molar-refractivity contribution in [3.63, 3.8) is 0 Å². The Labute approximate surface area is 247 Å². The van der Waals surface area contributed by atoms with Crippen molar-refractivity contribution < 1.29 is 4.79 Å². The molecule has 1 amide bonds. The maximum absolute atomic E-state index is 12.4. The van der Waals surface area contributed by atoms with Crippen molar-refractivity contribution in [2.45, 2.75) is 44.9 Å². The molecule has 4 aromatic rings. The van der Waals surface area contributed by atoms with E-state index in [-0.39, 0.29) is 5.91 Å². The highest BCUT2D eigenvalue weighted by molar-refractivity contribution is 6.33. The first-order valence-electron chi connectivity index (χ1n) is 14.5. The van der Waals surface area contributed by atoms with E-state index in [4.69, 9.17) is 16.6 Å². The van der Waals surface area contributed by atoms with E-state index in [1.165, 1.54) is 25.7 Å². The lowest BCUT2D eigenvalue weighted by Gasteiger charge is -2.29. The molecule has 2 atom stereocenters. The Morgan fingerprint density at radius 2 is 1.90 bits per heavy atom. The number of aromatic nitrogens is 4. The summed E-state index contributed by atoms with van der Waals surface area (Å²) >= 11 is 6.56. The van der Waals surface area contributed by atoms with E-state index >= 15 is 0 Å². The molecule has 0 radical (unpaired) electrons. The Bertz CT molecular complexity index is 1500. The molecule has 1 aliphatic rings. The molecular formula is C33H39ClN6O. The number of rotatable bonds is 10. The van der Waals surface area contributed by atoms with Crippen LogP contribution in [0, 0.1) is 11.8 Å². The van der Waals surface area contributed by atoms with Crippen molar-refractivity contribution in [3.05, 3.63) is 83.7 Å². The Kier molecular flexibility index (Phi) is 9.47. The molecule has 41 heavy (non-hydrogen) atoms. The number of nitrogens with zero attached hydrogens (tertiary/aromatic N) is 5. The van der Waals surface area contributed by atoms with Crippen LogP contribution in [0.1, 0.15) is 43.6 Å². The minimum absolute atomic E-state index is 0.0483. The third kappa shape index (κ3) is 7.40. The van der Waals surface area contributed by atoms with E-state index in [1.54, 1.807) is 30.4 Å². The molecule has 1 N–H and O–H groups in total. The van der Waals surface area contributed by atoms with Crippen molar-refractivity contribution in [2.24, 2.45) is 11.8 Å². The highest BCUT2D eigenvalue weighted by Crippen LogP contribution is 2.35. The molecule has 5 rings (SSSR count). The maximum Gasteiger partial charge on any atom is 0.250 e. The number of fused-ring (bicyclic) bond motifs is 1. The lowest BCUT2D eigenvalue weighted by Crippen LogP contribution is -2.24. The fourth-order valence-electron chi connectivity index (χ4n) is 5.78. The van der Waals surface area contributed by atoms with Gasteiger partial charge in [-0.1, -0.05) is 48.7 Å². The predicted molar refractivity (Wildman–Crippen MR) is 167 cm³/mol. The number of hydrogen-bond acceptors (Lipinski definition) is 5. The number of aryl methyl sites for hydroxylation is 1. The first-order chi connectivity index (χ1) is 19.9. The maximum atomic E-state index is 12.4. The number of carbonyl (C=O) groups excluding carboxylic acids is 1. The standard InChI is InChI=1S/C33H39ClN6O/c1-39(2)17-7-12-32(41)40(3)26-16-15-25(35-20-26)14-13-23-8-6-9-24(18-23)19-31-37-22-29(34)33(38-31)28-21-36-30-11-5-4-10-27(28)30/h4-5,7,10-12,15-16,20-24,36H,6,8-9,13-14,17-19H2,1-3H3/b12-7+/t23-,24-/m1/s1. The van der Waals surface area contributed by atoms with E-state index in [9.17, 15) is 4.79 Å². The molecule has 7 nitrogen and oxygen atoms in total. The van der Waals surface area contributed by atoms with Gasteiger partial charge in [-0.15, -0.1) is 0 Å². The number of amides is 1. The summed E-state index contributed by atoms with van der Waals surface area (Å²) in [7, 11) is 5.74. The lowest BCUT2D eigenvalue weighted by atomic mass is 9.77. The SMILES string of the molecule is CN(C)C/C=C/C(=O)N(C)c1ccc(CC[C@H]2CCC[C@@H](Cc3ncc(Cl)c(-c4c[nH]c5ccccc45)n3)C2)nc1. The van der Waals surface area contributed by atoms with Crippen molar-refractivity contribution >= 4 is 34.1 Å². The summed E-state index contributed by atoms with van der Waals surface area (Å²) in [6.45, 7) is 0.734. The van der Waals surface area contributed by atoms with E-state index in [0.717, 1.165) is 65.2 Å². The van der Waals surface area contributed by atoms with Crippen molar-refractivity contribution in [2.75, 3.05) is 32.6 Å². The Morgan fingerprint density at radius 1 is 1.07 bits per heavy atom. The molecule has 1 saturated carbocycles. The van der Waals surface area contributed by atoms with Gasteiger partial charge in [-0.05, 0) is 69.8 Å². The summed E-state index contributed by atoms with van der Waals surface area (Å²) < 4.78 is 0. The molecule has 3 aromatic heterocycles. The van der Waals surface area contributed by atoms with Gasteiger partial charge >= 0.3 is 0 Å². The van der Waals surface area contributed by atoms with Gasteiger partial charge < -0.3 is 14.8 Å².